The van der Waals surface area contributed by atoms with Crippen LogP contribution in [0.5, 0.6) is 5.75 Å². The van der Waals surface area contributed by atoms with E-state index in [0.29, 0.717) is 43.4 Å². The number of esters is 1. The maximum atomic E-state index is 14.3. The molecule has 6 rings (SSSR count). The Kier molecular flexibility index (Phi) is 8.96. The molecule has 0 saturated carbocycles. The van der Waals surface area contributed by atoms with Gasteiger partial charge in [0.1, 0.15) is 18.3 Å². The van der Waals surface area contributed by atoms with Crippen LogP contribution < -0.4 is 19.6 Å². The summed E-state index contributed by atoms with van der Waals surface area (Å²) in [6.45, 7) is 5.75. The van der Waals surface area contributed by atoms with Gasteiger partial charge in [0.2, 0.25) is 5.91 Å². The molecule has 234 valence electrons. The van der Waals surface area contributed by atoms with E-state index in [1.165, 1.54) is 11.3 Å². The lowest BCUT2D eigenvalue weighted by atomic mass is 9.93. The molecule has 45 heavy (non-hydrogen) atoms. The summed E-state index contributed by atoms with van der Waals surface area (Å²) in [5, 5.41) is 1.38. The first-order valence-corrected chi connectivity index (χ1v) is 16.4. The minimum Gasteiger partial charge on any atom is -0.496 e. The fourth-order valence-electron chi connectivity index (χ4n) is 6.21. The first kappa shape index (κ1) is 30.9. The molecule has 1 amide bonds. The van der Waals surface area contributed by atoms with Crippen LogP contribution in [-0.4, -0.2) is 52.7 Å². The van der Waals surface area contributed by atoms with E-state index < -0.39 is 12.0 Å². The first-order valence-electron chi connectivity index (χ1n) is 15.3. The summed E-state index contributed by atoms with van der Waals surface area (Å²) >= 11 is 7.73. The highest BCUT2D eigenvalue weighted by molar-refractivity contribution is 7.07. The van der Waals surface area contributed by atoms with E-state index in [9.17, 15) is 14.4 Å². The highest BCUT2D eigenvalue weighted by Crippen LogP contribution is 2.38. The Bertz CT molecular complexity index is 2000. The molecule has 4 heterocycles. The van der Waals surface area contributed by atoms with Gasteiger partial charge in [-0.3, -0.25) is 14.2 Å². The average Bonchev–Trinajstić information content (AvgIpc) is 3.76. The van der Waals surface area contributed by atoms with Crippen LogP contribution in [0, 0.1) is 0 Å². The third-order valence-corrected chi connectivity index (χ3v) is 9.47. The van der Waals surface area contributed by atoms with Gasteiger partial charge in [0.15, 0.2) is 4.80 Å². The normalized spacial score (nSPS) is 16.7. The fourth-order valence-corrected chi connectivity index (χ4v) is 7.40. The Morgan fingerprint density at radius 3 is 2.64 bits per heavy atom. The third kappa shape index (κ3) is 5.84. The first-order chi connectivity index (χ1) is 21.8. The van der Waals surface area contributed by atoms with Crippen LogP contribution in [0.2, 0.25) is 5.02 Å². The van der Waals surface area contributed by atoms with Crippen molar-refractivity contribution in [3.8, 4) is 5.75 Å². The number of thiazole rings is 1. The molecule has 9 nitrogen and oxygen atoms in total. The van der Waals surface area contributed by atoms with E-state index in [4.69, 9.17) is 26.1 Å². The number of benzene rings is 2. The quantitative estimate of drug-likeness (QED) is 0.243. The molecule has 0 unspecified atom stereocenters. The van der Waals surface area contributed by atoms with E-state index >= 15 is 0 Å². The molecule has 0 bridgehead atoms. The minimum absolute atomic E-state index is 0.0876. The lowest BCUT2D eigenvalue weighted by Gasteiger charge is -2.27. The van der Waals surface area contributed by atoms with Crippen molar-refractivity contribution in [3.05, 3.63) is 95.8 Å². The molecule has 2 aliphatic heterocycles. The van der Waals surface area contributed by atoms with E-state index in [2.05, 4.69) is 0 Å². The van der Waals surface area contributed by atoms with E-state index in [0.717, 1.165) is 48.8 Å². The van der Waals surface area contributed by atoms with E-state index in [1.54, 1.807) is 36.8 Å². The number of amides is 1. The van der Waals surface area contributed by atoms with Crippen LogP contribution in [0.25, 0.3) is 17.0 Å². The summed E-state index contributed by atoms with van der Waals surface area (Å²) in [7, 11) is 1.54. The number of aromatic nitrogens is 2. The molecule has 4 aromatic rings. The topological polar surface area (TPSA) is 95.1 Å². The molecule has 2 aromatic carbocycles. The maximum Gasteiger partial charge on any atom is 0.338 e. The van der Waals surface area contributed by atoms with Gasteiger partial charge in [-0.2, -0.15) is 0 Å². The van der Waals surface area contributed by atoms with Crippen LogP contribution in [0.4, 0.5) is 0 Å². The Labute approximate surface area is 269 Å². The standard InChI is InChI=1S/C34H35ClN4O5S/c1-4-10-25-30(33(42)44-5-2)31(24-18-22(35)13-14-27(24)43-3)39-32(41)28(45-34(39)36-25)17-21-19-38(26-12-7-6-11-23(21)26)20-29(40)37-15-8-9-16-37/h6-7,11-14,17-19,31H,4-5,8-10,15-16,20H2,1-3H3/b28-17-/t31-/m0/s1. The molecule has 0 N–H and O–H groups in total. The second-order valence-corrected chi connectivity index (χ2v) is 12.6. The van der Waals surface area contributed by atoms with Crippen molar-refractivity contribution in [2.24, 2.45) is 4.99 Å². The number of allylic oxidation sites excluding steroid dienone is 1. The van der Waals surface area contributed by atoms with Crippen LogP contribution in [0.15, 0.2) is 69.7 Å². The smallest absolute Gasteiger partial charge is 0.338 e. The van der Waals surface area contributed by atoms with E-state index in [1.807, 2.05) is 52.9 Å². The molecular formula is C34H35ClN4O5S. The van der Waals surface area contributed by atoms with E-state index in [-0.39, 0.29) is 24.6 Å². The zero-order chi connectivity index (χ0) is 31.7. The lowest BCUT2D eigenvalue weighted by Crippen LogP contribution is -2.40. The number of nitrogens with zero attached hydrogens (tertiary/aromatic N) is 4. The summed E-state index contributed by atoms with van der Waals surface area (Å²) < 4.78 is 15.2. The van der Waals surface area contributed by atoms with Crippen molar-refractivity contribution in [3.63, 3.8) is 0 Å². The minimum atomic E-state index is -0.850. The number of rotatable bonds is 9. The van der Waals surface area contributed by atoms with Crippen molar-refractivity contribution in [1.29, 1.82) is 0 Å². The number of likely N-dealkylation sites (tertiary alicyclic amines) is 1. The average molecular weight is 647 g/mol. The van der Waals surface area contributed by atoms with Gasteiger partial charge in [-0.25, -0.2) is 9.79 Å². The van der Waals surface area contributed by atoms with Crippen molar-refractivity contribution in [2.45, 2.75) is 52.1 Å². The van der Waals surface area contributed by atoms with Crippen molar-refractivity contribution in [2.75, 3.05) is 26.8 Å². The Balaban J connectivity index is 1.54. The maximum absolute atomic E-state index is 14.3. The van der Waals surface area contributed by atoms with Crippen LogP contribution >= 0.6 is 22.9 Å². The summed E-state index contributed by atoms with van der Waals surface area (Å²) in [4.78, 5) is 48.2. The van der Waals surface area contributed by atoms with Gasteiger partial charge in [0.05, 0.1) is 29.5 Å². The van der Waals surface area contributed by atoms with Gasteiger partial charge in [0.25, 0.3) is 5.56 Å². The number of hydrogen-bond acceptors (Lipinski definition) is 7. The summed E-state index contributed by atoms with van der Waals surface area (Å²) in [5.74, 6) is 0.0469. The highest BCUT2D eigenvalue weighted by atomic mass is 35.5. The van der Waals surface area contributed by atoms with Crippen LogP contribution in [0.3, 0.4) is 0 Å². The van der Waals surface area contributed by atoms with Gasteiger partial charge < -0.3 is 18.9 Å². The molecule has 11 heteroatoms. The summed E-state index contributed by atoms with van der Waals surface area (Å²) in [6, 6.07) is 12.2. The molecular weight excluding hydrogens is 612 g/mol. The van der Waals surface area contributed by atoms with Gasteiger partial charge in [-0.15, -0.1) is 0 Å². The highest BCUT2D eigenvalue weighted by Gasteiger charge is 2.36. The van der Waals surface area contributed by atoms with Crippen molar-refractivity contribution < 1.29 is 19.1 Å². The van der Waals surface area contributed by atoms with Gasteiger partial charge in [-0.1, -0.05) is 54.5 Å². The monoisotopic (exact) mass is 646 g/mol. The zero-order valence-electron chi connectivity index (χ0n) is 25.5. The molecule has 0 radical (unpaired) electrons. The second-order valence-electron chi connectivity index (χ2n) is 11.1. The summed E-state index contributed by atoms with van der Waals surface area (Å²) in [6.07, 6.45) is 7.11. The predicted molar refractivity (Wildman–Crippen MR) is 175 cm³/mol. The van der Waals surface area contributed by atoms with Gasteiger partial charge in [-0.05, 0) is 56.5 Å². The molecule has 2 aromatic heterocycles. The van der Waals surface area contributed by atoms with Gasteiger partial charge in [0, 0.05) is 46.3 Å². The summed E-state index contributed by atoms with van der Waals surface area (Å²) in [5.41, 5.74) is 2.89. The molecule has 1 saturated heterocycles. The SMILES string of the molecule is CCCC1=C(C(=O)OCC)[C@H](c2cc(Cl)ccc2OC)n2c(s/c(=C\c3cn(CC(=O)N4CCCC4)c4ccccc34)c2=O)=N1. The predicted octanol–water partition coefficient (Wildman–Crippen LogP) is 4.82. The molecule has 1 atom stereocenters. The molecule has 1 fully saturated rings. The van der Waals surface area contributed by atoms with Crippen LogP contribution in [0.1, 0.15) is 56.7 Å². The Morgan fingerprint density at radius 1 is 1.13 bits per heavy atom. The molecule has 0 spiro atoms. The lowest BCUT2D eigenvalue weighted by molar-refractivity contribution is -0.139. The largest absolute Gasteiger partial charge is 0.496 e. The number of carbonyl (C=O) groups is 2. The number of halogens is 1. The van der Waals surface area contributed by atoms with Gasteiger partial charge >= 0.3 is 5.97 Å². The number of ether oxygens (including phenoxy) is 2. The zero-order valence-corrected chi connectivity index (χ0v) is 27.1. The Morgan fingerprint density at radius 2 is 1.91 bits per heavy atom. The Hall–Kier alpha value is -4.15. The van der Waals surface area contributed by atoms with Crippen molar-refractivity contribution >= 4 is 51.8 Å². The number of fused-ring (bicyclic) bond motifs is 2. The number of methoxy groups -OCH3 is 1. The third-order valence-electron chi connectivity index (χ3n) is 8.25. The van der Waals surface area contributed by atoms with Crippen molar-refractivity contribution in [1.82, 2.24) is 14.0 Å². The molecule has 2 aliphatic rings. The number of carbonyl (C=O) groups excluding carboxylic acids is 2. The fraction of sp³-hybridized carbons (Fsp3) is 0.353. The number of hydrogen-bond donors (Lipinski definition) is 0. The number of para-hydroxylation sites is 1. The molecule has 0 aliphatic carbocycles. The van der Waals surface area contributed by atoms with Crippen LogP contribution in [-0.2, 0) is 20.9 Å². The second kappa shape index (κ2) is 13.1.